The minimum atomic E-state index is -0.902. The molecule has 0 saturated carbocycles. The molecule has 1 rings (SSSR count). The molecule has 0 aliphatic carbocycles. The van der Waals surface area contributed by atoms with E-state index < -0.39 is 5.97 Å². The van der Waals surface area contributed by atoms with Crippen LogP contribution in [0, 0.1) is 5.41 Å². The number of amides is 1. The molecular formula is C15H28N2O4. The Balaban J connectivity index is 2.30. The smallest absolute Gasteiger partial charge is 0.305 e. The van der Waals surface area contributed by atoms with E-state index in [4.69, 9.17) is 9.84 Å². The molecule has 1 unspecified atom stereocenters. The Hall–Kier alpha value is -1.14. The van der Waals surface area contributed by atoms with Crippen molar-refractivity contribution in [1.29, 1.82) is 0 Å². The SMILES string of the molecule is CC(C)(C)C(CC(=O)O)NC(=O)CCOC1CCNCC1. The third-order valence-corrected chi connectivity index (χ3v) is 3.73. The molecule has 1 atom stereocenters. The molecule has 0 bridgehead atoms. The normalized spacial score (nSPS) is 18.2. The molecule has 3 N–H and O–H groups in total. The summed E-state index contributed by atoms with van der Waals surface area (Å²) in [7, 11) is 0. The first-order valence-corrected chi connectivity index (χ1v) is 7.62. The quantitative estimate of drug-likeness (QED) is 0.656. The van der Waals surface area contributed by atoms with Crippen molar-refractivity contribution < 1.29 is 19.4 Å². The van der Waals surface area contributed by atoms with Gasteiger partial charge in [0.2, 0.25) is 5.91 Å². The van der Waals surface area contributed by atoms with Crippen molar-refractivity contribution >= 4 is 11.9 Å². The second-order valence-corrected chi connectivity index (χ2v) is 6.65. The molecule has 0 aromatic carbocycles. The Morgan fingerprint density at radius 2 is 1.95 bits per heavy atom. The molecule has 0 aromatic heterocycles. The molecular weight excluding hydrogens is 272 g/mol. The predicted octanol–water partition coefficient (Wildman–Crippen LogP) is 1.15. The number of rotatable bonds is 7. The summed E-state index contributed by atoms with van der Waals surface area (Å²) in [6.07, 6.45) is 2.40. The lowest BCUT2D eigenvalue weighted by molar-refractivity contribution is -0.138. The summed E-state index contributed by atoms with van der Waals surface area (Å²) in [5.74, 6) is -1.05. The maximum atomic E-state index is 11.9. The van der Waals surface area contributed by atoms with Crippen LogP contribution >= 0.6 is 0 Å². The minimum Gasteiger partial charge on any atom is -0.481 e. The Bertz CT molecular complexity index is 346. The highest BCUT2D eigenvalue weighted by Gasteiger charge is 2.28. The van der Waals surface area contributed by atoms with Crippen LogP contribution in [0.25, 0.3) is 0 Å². The Morgan fingerprint density at radius 3 is 2.48 bits per heavy atom. The van der Waals surface area contributed by atoms with Crippen molar-refractivity contribution in [3.63, 3.8) is 0 Å². The van der Waals surface area contributed by atoms with E-state index in [1.54, 1.807) is 0 Å². The van der Waals surface area contributed by atoms with Gasteiger partial charge in [0.15, 0.2) is 0 Å². The minimum absolute atomic E-state index is 0.0651. The predicted molar refractivity (Wildman–Crippen MR) is 80.1 cm³/mol. The van der Waals surface area contributed by atoms with Gasteiger partial charge in [-0.05, 0) is 31.3 Å². The summed E-state index contributed by atoms with van der Waals surface area (Å²) in [4.78, 5) is 22.8. The van der Waals surface area contributed by atoms with Gasteiger partial charge in [0.1, 0.15) is 0 Å². The van der Waals surface area contributed by atoms with Crippen LogP contribution in [0.1, 0.15) is 46.5 Å². The fraction of sp³-hybridized carbons (Fsp3) is 0.867. The van der Waals surface area contributed by atoms with Gasteiger partial charge in [0, 0.05) is 12.5 Å². The van der Waals surface area contributed by atoms with Crippen molar-refractivity contribution in [2.24, 2.45) is 5.41 Å². The van der Waals surface area contributed by atoms with E-state index in [1.165, 1.54) is 0 Å². The van der Waals surface area contributed by atoms with E-state index in [9.17, 15) is 9.59 Å². The average molecular weight is 300 g/mol. The number of carbonyl (C=O) groups excluding carboxylic acids is 1. The third kappa shape index (κ3) is 7.43. The Labute approximate surface area is 126 Å². The molecule has 0 aromatic rings. The second kappa shape index (κ2) is 8.34. The van der Waals surface area contributed by atoms with Gasteiger partial charge in [-0.1, -0.05) is 20.8 Å². The van der Waals surface area contributed by atoms with E-state index in [1.807, 2.05) is 20.8 Å². The molecule has 6 nitrogen and oxygen atoms in total. The topological polar surface area (TPSA) is 87.7 Å². The van der Waals surface area contributed by atoms with E-state index in [2.05, 4.69) is 10.6 Å². The van der Waals surface area contributed by atoms with Gasteiger partial charge in [-0.15, -0.1) is 0 Å². The van der Waals surface area contributed by atoms with Gasteiger partial charge in [-0.3, -0.25) is 9.59 Å². The first kappa shape index (κ1) is 17.9. The van der Waals surface area contributed by atoms with Gasteiger partial charge < -0.3 is 20.5 Å². The summed E-state index contributed by atoms with van der Waals surface area (Å²) >= 11 is 0. The highest BCUT2D eigenvalue weighted by Crippen LogP contribution is 2.22. The fourth-order valence-electron chi connectivity index (χ4n) is 2.30. The van der Waals surface area contributed by atoms with Gasteiger partial charge >= 0.3 is 5.97 Å². The molecule has 1 heterocycles. The van der Waals surface area contributed by atoms with Crippen LogP contribution in [-0.2, 0) is 14.3 Å². The lowest BCUT2D eigenvalue weighted by atomic mass is 9.84. The van der Waals surface area contributed by atoms with Crippen molar-refractivity contribution in [2.45, 2.75) is 58.6 Å². The Kier molecular flexibility index (Phi) is 7.11. The maximum Gasteiger partial charge on any atom is 0.305 e. The van der Waals surface area contributed by atoms with Gasteiger partial charge in [-0.2, -0.15) is 0 Å². The zero-order valence-corrected chi connectivity index (χ0v) is 13.3. The van der Waals surface area contributed by atoms with Crippen LogP contribution in [0.15, 0.2) is 0 Å². The summed E-state index contributed by atoms with van der Waals surface area (Å²) in [5.41, 5.74) is -0.288. The molecule has 0 radical (unpaired) electrons. The molecule has 1 saturated heterocycles. The lowest BCUT2D eigenvalue weighted by Gasteiger charge is -2.30. The number of hydrogen-bond acceptors (Lipinski definition) is 4. The first-order valence-electron chi connectivity index (χ1n) is 7.62. The molecule has 1 amide bonds. The fourth-order valence-corrected chi connectivity index (χ4v) is 2.30. The molecule has 6 heteroatoms. The molecule has 1 fully saturated rings. The summed E-state index contributed by atoms with van der Waals surface area (Å²) in [6, 6.07) is -0.374. The van der Waals surface area contributed by atoms with Crippen LogP contribution in [0.3, 0.4) is 0 Å². The molecule has 1 aliphatic rings. The van der Waals surface area contributed by atoms with Crippen LogP contribution in [-0.4, -0.2) is 48.8 Å². The highest BCUT2D eigenvalue weighted by molar-refractivity contribution is 5.77. The average Bonchev–Trinajstić information content (AvgIpc) is 2.37. The monoisotopic (exact) mass is 300 g/mol. The standard InChI is InChI=1S/C15H28N2O4/c1-15(2,3)12(10-14(19)20)17-13(18)6-9-21-11-4-7-16-8-5-11/h11-12,16H,4-10H2,1-3H3,(H,17,18)(H,19,20). The summed E-state index contributed by atoms with van der Waals surface area (Å²) < 4.78 is 5.68. The molecule has 1 aliphatic heterocycles. The van der Waals surface area contributed by atoms with Crippen molar-refractivity contribution in [3.05, 3.63) is 0 Å². The van der Waals surface area contributed by atoms with Crippen molar-refractivity contribution in [3.8, 4) is 0 Å². The van der Waals surface area contributed by atoms with Crippen molar-refractivity contribution in [2.75, 3.05) is 19.7 Å². The van der Waals surface area contributed by atoms with Crippen molar-refractivity contribution in [1.82, 2.24) is 10.6 Å². The number of carboxylic acid groups (broad SMARTS) is 1. The van der Waals surface area contributed by atoms with E-state index >= 15 is 0 Å². The van der Waals surface area contributed by atoms with Crippen LogP contribution in [0.5, 0.6) is 0 Å². The number of nitrogens with one attached hydrogen (secondary N) is 2. The van der Waals surface area contributed by atoms with Crippen LogP contribution in [0.2, 0.25) is 0 Å². The lowest BCUT2D eigenvalue weighted by Crippen LogP contribution is -2.45. The number of carboxylic acids is 1. The largest absolute Gasteiger partial charge is 0.481 e. The van der Waals surface area contributed by atoms with Gasteiger partial charge in [0.25, 0.3) is 0 Å². The third-order valence-electron chi connectivity index (χ3n) is 3.73. The van der Waals surface area contributed by atoms with Gasteiger partial charge in [-0.25, -0.2) is 0 Å². The number of hydrogen-bond donors (Lipinski definition) is 3. The van der Waals surface area contributed by atoms with E-state index in [0.29, 0.717) is 6.61 Å². The number of ether oxygens (including phenoxy) is 1. The van der Waals surface area contributed by atoms with Crippen LogP contribution in [0.4, 0.5) is 0 Å². The van der Waals surface area contributed by atoms with Gasteiger partial charge in [0.05, 0.1) is 19.1 Å². The first-order chi connectivity index (χ1) is 9.79. The zero-order chi connectivity index (χ0) is 15.9. The maximum absolute atomic E-state index is 11.9. The summed E-state index contributed by atoms with van der Waals surface area (Å²) in [5, 5.41) is 15.0. The van der Waals surface area contributed by atoms with Crippen LogP contribution < -0.4 is 10.6 Å². The molecule has 21 heavy (non-hydrogen) atoms. The van der Waals surface area contributed by atoms with E-state index in [-0.39, 0.29) is 36.3 Å². The zero-order valence-electron chi connectivity index (χ0n) is 13.3. The molecule has 0 spiro atoms. The number of piperidine rings is 1. The van der Waals surface area contributed by atoms with E-state index in [0.717, 1.165) is 25.9 Å². The number of carbonyl (C=O) groups is 2. The Morgan fingerprint density at radius 1 is 1.33 bits per heavy atom. The second-order valence-electron chi connectivity index (χ2n) is 6.65. The number of aliphatic carboxylic acids is 1. The summed E-state index contributed by atoms with van der Waals surface area (Å²) in [6.45, 7) is 8.08. The highest BCUT2D eigenvalue weighted by atomic mass is 16.5. The molecule has 122 valence electrons.